The fourth-order valence-corrected chi connectivity index (χ4v) is 1.20. The van der Waals surface area contributed by atoms with Gasteiger partial charge in [-0.1, -0.05) is 19.8 Å². The molecule has 0 aromatic heterocycles. The first-order chi connectivity index (χ1) is 6.61. The summed E-state index contributed by atoms with van der Waals surface area (Å²) in [5.74, 6) is -0.0806. The molecular formula is C10H22N2O2. The third kappa shape index (κ3) is 5.94. The monoisotopic (exact) mass is 202 g/mol. The van der Waals surface area contributed by atoms with Crippen LogP contribution >= 0.6 is 0 Å². The molecule has 0 radical (unpaired) electrons. The number of nitrogens with two attached hydrogens (primary N) is 1. The summed E-state index contributed by atoms with van der Waals surface area (Å²) >= 11 is 0. The lowest BCUT2D eigenvalue weighted by Crippen LogP contribution is -2.45. The second-order valence-electron chi connectivity index (χ2n) is 3.61. The summed E-state index contributed by atoms with van der Waals surface area (Å²) < 4.78 is 4.91. The highest BCUT2D eigenvalue weighted by molar-refractivity contribution is 5.81. The Balaban J connectivity index is 3.71. The van der Waals surface area contributed by atoms with Gasteiger partial charge in [0.05, 0.1) is 12.6 Å². The van der Waals surface area contributed by atoms with Crippen LogP contribution in [0.15, 0.2) is 0 Å². The van der Waals surface area contributed by atoms with Crippen molar-refractivity contribution in [3.8, 4) is 0 Å². The van der Waals surface area contributed by atoms with Crippen LogP contribution in [0.3, 0.4) is 0 Å². The first-order valence-corrected chi connectivity index (χ1v) is 5.16. The van der Waals surface area contributed by atoms with Crippen LogP contribution in [0.4, 0.5) is 0 Å². The molecule has 0 aliphatic carbocycles. The fourth-order valence-electron chi connectivity index (χ4n) is 1.20. The molecule has 14 heavy (non-hydrogen) atoms. The average molecular weight is 202 g/mol. The van der Waals surface area contributed by atoms with Crippen LogP contribution in [-0.4, -0.2) is 31.7 Å². The van der Waals surface area contributed by atoms with Crippen molar-refractivity contribution >= 4 is 5.91 Å². The van der Waals surface area contributed by atoms with Crippen molar-refractivity contribution in [3.63, 3.8) is 0 Å². The SMILES string of the molecule is CCCC[C@H](N)C(=O)NC(C)COC. The van der Waals surface area contributed by atoms with E-state index in [2.05, 4.69) is 12.2 Å². The van der Waals surface area contributed by atoms with Crippen molar-refractivity contribution in [2.45, 2.75) is 45.2 Å². The highest BCUT2D eigenvalue weighted by atomic mass is 16.5. The van der Waals surface area contributed by atoms with Gasteiger partial charge in [0, 0.05) is 13.2 Å². The van der Waals surface area contributed by atoms with Gasteiger partial charge in [-0.2, -0.15) is 0 Å². The molecule has 0 aliphatic heterocycles. The van der Waals surface area contributed by atoms with Crippen molar-refractivity contribution in [1.29, 1.82) is 0 Å². The van der Waals surface area contributed by atoms with Gasteiger partial charge in [-0.15, -0.1) is 0 Å². The summed E-state index contributed by atoms with van der Waals surface area (Å²) in [6, 6.07) is -0.352. The fraction of sp³-hybridized carbons (Fsp3) is 0.900. The normalized spacial score (nSPS) is 14.9. The maximum absolute atomic E-state index is 11.4. The van der Waals surface area contributed by atoms with Crippen LogP contribution in [0.5, 0.6) is 0 Å². The minimum absolute atomic E-state index is 0.0279. The molecule has 2 atom stereocenters. The predicted molar refractivity (Wildman–Crippen MR) is 57.0 cm³/mol. The van der Waals surface area contributed by atoms with Gasteiger partial charge in [0.25, 0.3) is 0 Å². The zero-order chi connectivity index (χ0) is 11.0. The number of hydrogen-bond acceptors (Lipinski definition) is 3. The van der Waals surface area contributed by atoms with Crippen molar-refractivity contribution < 1.29 is 9.53 Å². The Bertz CT molecular complexity index is 162. The Labute approximate surface area is 86.2 Å². The van der Waals surface area contributed by atoms with E-state index in [-0.39, 0.29) is 18.0 Å². The van der Waals surface area contributed by atoms with Gasteiger partial charge in [0.15, 0.2) is 0 Å². The van der Waals surface area contributed by atoms with Gasteiger partial charge >= 0.3 is 0 Å². The van der Waals surface area contributed by atoms with Crippen molar-refractivity contribution in [3.05, 3.63) is 0 Å². The molecule has 3 N–H and O–H groups in total. The molecule has 0 aromatic carbocycles. The van der Waals surface area contributed by atoms with E-state index < -0.39 is 0 Å². The van der Waals surface area contributed by atoms with Crippen LogP contribution in [0.1, 0.15) is 33.1 Å². The Morgan fingerprint density at radius 2 is 2.21 bits per heavy atom. The summed E-state index contributed by atoms with van der Waals surface area (Å²) in [4.78, 5) is 11.4. The Hall–Kier alpha value is -0.610. The third-order valence-corrected chi connectivity index (χ3v) is 2.01. The number of nitrogens with one attached hydrogen (secondary N) is 1. The van der Waals surface area contributed by atoms with E-state index in [1.807, 2.05) is 6.92 Å². The van der Waals surface area contributed by atoms with Crippen molar-refractivity contribution in [2.75, 3.05) is 13.7 Å². The molecule has 4 nitrogen and oxygen atoms in total. The zero-order valence-corrected chi connectivity index (χ0v) is 9.38. The molecule has 0 aliphatic rings. The van der Waals surface area contributed by atoms with Gasteiger partial charge in [-0.25, -0.2) is 0 Å². The molecule has 0 heterocycles. The Morgan fingerprint density at radius 3 is 2.71 bits per heavy atom. The number of ether oxygens (including phenoxy) is 1. The van der Waals surface area contributed by atoms with Crippen LogP contribution in [-0.2, 0) is 9.53 Å². The molecule has 0 saturated carbocycles. The molecule has 0 bridgehead atoms. The molecule has 0 fully saturated rings. The minimum atomic E-state index is -0.380. The highest BCUT2D eigenvalue weighted by Crippen LogP contribution is 1.98. The second-order valence-corrected chi connectivity index (χ2v) is 3.61. The molecule has 4 heteroatoms. The smallest absolute Gasteiger partial charge is 0.237 e. The first kappa shape index (κ1) is 13.4. The lowest BCUT2D eigenvalue weighted by molar-refractivity contribution is -0.123. The number of unbranched alkanes of at least 4 members (excludes halogenated alkanes) is 1. The van der Waals surface area contributed by atoms with Crippen LogP contribution in [0.25, 0.3) is 0 Å². The van der Waals surface area contributed by atoms with Gasteiger partial charge in [-0.05, 0) is 13.3 Å². The number of carbonyl (C=O) groups is 1. The number of methoxy groups -OCH3 is 1. The maximum Gasteiger partial charge on any atom is 0.237 e. The van der Waals surface area contributed by atoms with E-state index in [1.54, 1.807) is 7.11 Å². The topological polar surface area (TPSA) is 64.4 Å². The van der Waals surface area contributed by atoms with E-state index in [9.17, 15) is 4.79 Å². The Morgan fingerprint density at radius 1 is 1.57 bits per heavy atom. The van der Waals surface area contributed by atoms with E-state index in [4.69, 9.17) is 10.5 Å². The lowest BCUT2D eigenvalue weighted by Gasteiger charge is -2.16. The van der Waals surface area contributed by atoms with Gasteiger partial charge < -0.3 is 15.8 Å². The average Bonchev–Trinajstić information content (AvgIpc) is 2.14. The van der Waals surface area contributed by atoms with Gasteiger partial charge in [-0.3, -0.25) is 4.79 Å². The standard InChI is InChI=1S/C10H22N2O2/c1-4-5-6-9(11)10(13)12-8(2)7-14-3/h8-9H,4-7,11H2,1-3H3,(H,12,13)/t8?,9-/m0/s1. The van der Waals surface area contributed by atoms with Gasteiger partial charge in [0.2, 0.25) is 5.91 Å². The van der Waals surface area contributed by atoms with Crippen LogP contribution in [0, 0.1) is 0 Å². The third-order valence-electron chi connectivity index (χ3n) is 2.01. The summed E-state index contributed by atoms with van der Waals surface area (Å²) in [5, 5.41) is 2.80. The lowest BCUT2D eigenvalue weighted by atomic mass is 10.1. The maximum atomic E-state index is 11.4. The molecule has 1 amide bonds. The molecular weight excluding hydrogens is 180 g/mol. The van der Waals surface area contributed by atoms with Crippen molar-refractivity contribution in [2.24, 2.45) is 5.73 Å². The molecule has 84 valence electrons. The van der Waals surface area contributed by atoms with Crippen LogP contribution < -0.4 is 11.1 Å². The van der Waals surface area contributed by atoms with E-state index in [0.717, 1.165) is 19.3 Å². The molecule has 0 rings (SSSR count). The summed E-state index contributed by atoms with van der Waals surface area (Å²) in [6.07, 6.45) is 2.81. The zero-order valence-electron chi connectivity index (χ0n) is 9.38. The Kier molecular flexibility index (Phi) is 7.42. The van der Waals surface area contributed by atoms with Gasteiger partial charge in [0.1, 0.15) is 0 Å². The van der Waals surface area contributed by atoms with E-state index in [0.29, 0.717) is 6.61 Å². The number of rotatable bonds is 7. The minimum Gasteiger partial charge on any atom is -0.383 e. The predicted octanol–water partition coefficient (Wildman–Crippen LogP) is 0.655. The van der Waals surface area contributed by atoms with E-state index in [1.165, 1.54) is 0 Å². The highest BCUT2D eigenvalue weighted by Gasteiger charge is 2.14. The number of amides is 1. The molecule has 0 aromatic rings. The molecule has 0 spiro atoms. The summed E-state index contributed by atoms with van der Waals surface area (Å²) in [6.45, 7) is 4.50. The summed E-state index contributed by atoms with van der Waals surface area (Å²) in [7, 11) is 1.61. The first-order valence-electron chi connectivity index (χ1n) is 5.16. The van der Waals surface area contributed by atoms with E-state index >= 15 is 0 Å². The van der Waals surface area contributed by atoms with Crippen molar-refractivity contribution in [1.82, 2.24) is 5.32 Å². The largest absolute Gasteiger partial charge is 0.383 e. The second kappa shape index (κ2) is 7.76. The number of carbonyl (C=O) groups excluding carboxylic acids is 1. The van der Waals surface area contributed by atoms with Crippen LogP contribution in [0.2, 0.25) is 0 Å². The quantitative estimate of drug-likeness (QED) is 0.637. The molecule has 0 saturated heterocycles. The summed E-state index contributed by atoms with van der Waals surface area (Å²) in [5.41, 5.74) is 5.69. The number of hydrogen-bond donors (Lipinski definition) is 2. The molecule has 1 unspecified atom stereocenters.